The van der Waals surface area contributed by atoms with E-state index in [9.17, 15) is 9.59 Å². The number of carbonyl (C=O) groups excluding carboxylic acids is 2. The van der Waals surface area contributed by atoms with Crippen molar-refractivity contribution in [1.29, 1.82) is 0 Å². The summed E-state index contributed by atoms with van der Waals surface area (Å²) in [5, 5.41) is 5.31. The second kappa shape index (κ2) is 7.57. The van der Waals surface area contributed by atoms with Crippen molar-refractivity contribution >= 4 is 46.7 Å². The second-order valence-electron chi connectivity index (χ2n) is 3.81. The highest BCUT2D eigenvalue weighted by molar-refractivity contribution is 6.43. The molecule has 20 heavy (non-hydrogen) atoms. The maximum Gasteiger partial charge on any atom is 0.321 e. The Morgan fingerprint density at radius 3 is 2.40 bits per heavy atom. The van der Waals surface area contributed by atoms with Gasteiger partial charge in [0.2, 0.25) is 0 Å². The first-order chi connectivity index (χ1) is 9.35. The molecule has 0 aliphatic carbocycles. The molecule has 2 N–H and O–H groups in total. The minimum Gasteiger partial charge on any atom is -0.479 e. The molecule has 0 aliphatic rings. The molecule has 1 aromatic carbocycles. The van der Waals surface area contributed by atoms with Crippen LogP contribution in [-0.2, 0) is 4.79 Å². The largest absolute Gasteiger partial charge is 0.479 e. The number of imide groups is 1. The molecule has 1 atom stereocenters. The van der Waals surface area contributed by atoms with Gasteiger partial charge in [-0.2, -0.15) is 0 Å². The zero-order chi connectivity index (χ0) is 15.3. The Kier molecular flexibility index (Phi) is 6.39. The Bertz CT molecular complexity index is 523. The molecule has 8 heteroatoms. The van der Waals surface area contributed by atoms with Gasteiger partial charge in [-0.1, -0.05) is 34.8 Å². The highest BCUT2D eigenvalue weighted by Crippen LogP contribution is 2.34. The van der Waals surface area contributed by atoms with Crippen molar-refractivity contribution in [3.63, 3.8) is 0 Å². The van der Waals surface area contributed by atoms with E-state index in [1.807, 2.05) is 0 Å². The quantitative estimate of drug-likeness (QED) is 0.827. The van der Waals surface area contributed by atoms with E-state index in [4.69, 9.17) is 39.5 Å². The number of nitrogens with one attached hydrogen (secondary N) is 2. The minimum atomic E-state index is -0.924. The highest BCUT2D eigenvalue weighted by atomic mass is 35.5. The lowest BCUT2D eigenvalue weighted by molar-refractivity contribution is -0.126. The summed E-state index contributed by atoms with van der Waals surface area (Å²) in [5.74, 6) is -0.391. The normalized spacial score (nSPS) is 11.7. The van der Waals surface area contributed by atoms with Gasteiger partial charge in [0.25, 0.3) is 5.91 Å². The van der Waals surface area contributed by atoms with Crippen LogP contribution in [0.5, 0.6) is 5.75 Å². The Balaban J connectivity index is 2.71. The van der Waals surface area contributed by atoms with Crippen molar-refractivity contribution in [2.75, 3.05) is 6.54 Å². The lowest BCUT2D eigenvalue weighted by atomic mass is 10.3. The number of hydrogen-bond acceptors (Lipinski definition) is 3. The van der Waals surface area contributed by atoms with Crippen molar-refractivity contribution in [2.24, 2.45) is 0 Å². The summed E-state index contributed by atoms with van der Waals surface area (Å²) < 4.78 is 5.35. The number of amides is 3. The summed E-state index contributed by atoms with van der Waals surface area (Å²) in [6.07, 6.45) is -0.924. The van der Waals surface area contributed by atoms with Gasteiger partial charge in [-0.25, -0.2) is 4.79 Å². The van der Waals surface area contributed by atoms with Gasteiger partial charge < -0.3 is 10.1 Å². The van der Waals surface area contributed by atoms with Gasteiger partial charge in [-0.3, -0.25) is 10.1 Å². The smallest absolute Gasteiger partial charge is 0.321 e. The number of halogens is 3. The molecule has 0 aliphatic heterocycles. The van der Waals surface area contributed by atoms with Gasteiger partial charge in [-0.05, 0) is 19.9 Å². The summed E-state index contributed by atoms with van der Waals surface area (Å²) in [5.41, 5.74) is 0. The first-order valence-electron chi connectivity index (χ1n) is 5.75. The number of hydrogen-bond donors (Lipinski definition) is 2. The monoisotopic (exact) mass is 338 g/mol. The van der Waals surface area contributed by atoms with Crippen LogP contribution >= 0.6 is 34.8 Å². The van der Waals surface area contributed by atoms with Crippen LogP contribution in [0.25, 0.3) is 0 Å². The topological polar surface area (TPSA) is 67.4 Å². The number of rotatable bonds is 4. The summed E-state index contributed by atoms with van der Waals surface area (Å²) in [7, 11) is 0. The van der Waals surface area contributed by atoms with E-state index in [-0.39, 0.29) is 20.8 Å². The summed E-state index contributed by atoms with van der Waals surface area (Å²) >= 11 is 17.6. The van der Waals surface area contributed by atoms with E-state index >= 15 is 0 Å². The average Bonchev–Trinajstić information content (AvgIpc) is 2.35. The molecule has 1 aromatic rings. The molecule has 3 amide bonds. The first kappa shape index (κ1) is 16.9. The fourth-order valence-corrected chi connectivity index (χ4v) is 1.84. The number of ether oxygens (including phenoxy) is 1. The van der Waals surface area contributed by atoms with Gasteiger partial charge >= 0.3 is 6.03 Å². The molecule has 110 valence electrons. The molecule has 0 unspecified atom stereocenters. The van der Waals surface area contributed by atoms with E-state index in [2.05, 4.69) is 10.6 Å². The summed E-state index contributed by atoms with van der Waals surface area (Å²) in [4.78, 5) is 22.9. The van der Waals surface area contributed by atoms with E-state index < -0.39 is 18.0 Å². The van der Waals surface area contributed by atoms with Crippen LogP contribution < -0.4 is 15.4 Å². The maximum atomic E-state index is 11.7. The van der Waals surface area contributed by atoms with Crippen LogP contribution in [0.2, 0.25) is 15.1 Å². The molecular weight excluding hydrogens is 327 g/mol. The van der Waals surface area contributed by atoms with Crippen LogP contribution in [-0.4, -0.2) is 24.6 Å². The van der Waals surface area contributed by atoms with E-state index in [0.717, 1.165) is 0 Å². The predicted octanol–water partition coefficient (Wildman–Crippen LogP) is 3.26. The van der Waals surface area contributed by atoms with Crippen LogP contribution in [0, 0.1) is 0 Å². The van der Waals surface area contributed by atoms with Gasteiger partial charge in [0.15, 0.2) is 6.10 Å². The van der Waals surface area contributed by atoms with Crippen molar-refractivity contribution < 1.29 is 14.3 Å². The maximum absolute atomic E-state index is 11.7. The summed E-state index contributed by atoms with van der Waals surface area (Å²) in [6, 6.07) is 2.23. The van der Waals surface area contributed by atoms with Crippen LogP contribution in [0.3, 0.4) is 0 Å². The molecular formula is C12H13Cl3N2O3. The van der Waals surface area contributed by atoms with Crippen molar-refractivity contribution in [3.05, 3.63) is 27.2 Å². The van der Waals surface area contributed by atoms with Gasteiger partial charge in [0.1, 0.15) is 5.75 Å². The molecule has 0 fully saturated rings. The average molecular weight is 340 g/mol. The van der Waals surface area contributed by atoms with Crippen molar-refractivity contribution in [1.82, 2.24) is 10.6 Å². The van der Waals surface area contributed by atoms with E-state index in [1.165, 1.54) is 19.1 Å². The Morgan fingerprint density at radius 1 is 1.20 bits per heavy atom. The number of urea groups is 1. The molecule has 0 radical (unpaired) electrons. The first-order valence-corrected chi connectivity index (χ1v) is 6.88. The number of benzene rings is 1. The molecule has 0 aromatic heterocycles. The van der Waals surface area contributed by atoms with Crippen molar-refractivity contribution in [2.45, 2.75) is 20.0 Å². The third kappa shape index (κ3) is 4.74. The Morgan fingerprint density at radius 2 is 1.80 bits per heavy atom. The third-order valence-corrected chi connectivity index (χ3v) is 3.24. The van der Waals surface area contributed by atoms with Crippen LogP contribution in [0.1, 0.15) is 13.8 Å². The molecule has 0 spiro atoms. The lowest BCUT2D eigenvalue weighted by Crippen LogP contribution is -2.45. The van der Waals surface area contributed by atoms with E-state index in [1.54, 1.807) is 6.92 Å². The third-order valence-electron chi connectivity index (χ3n) is 2.22. The molecule has 5 nitrogen and oxygen atoms in total. The highest BCUT2D eigenvalue weighted by Gasteiger charge is 2.19. The Hall–Kier alpha value is -1.17. The summed E-state index contributed by atoms with van der Waals surface area (Å²) in [6.45, 7) is 3.62. The molecule has 0 saturated heterocycles. The molecule has 0 heterocycles. The van der Waals surface area contributed by atoms with Crippen molar-refractivity contribution in [3.8, 4) is 5.75 Å². The SMILES string of the molecule is CCNC(=O)NC(=O)[C@H](C)Oc1cc(Cl)c(Cl)cc1Cl. The number of carbonyl (C=O) groups is 2. The zero-order valence-electron chi connectivity index (χ0n) is 10.8. The fourth-order valence-electron chi connectivity index (χ4n) is 1.26. The van der Waals surface area contributed by atoms with Gasteiger partial charge in [0, 0.05) is 12.6 Å². The fraction of sp³-hybridized carbons (Fsp3) is 0.333. The second-order valence-corrected chi connectivity index (χ2v) is 5.03. The molecule has 1 rings (SSSR count). The molecule has 0 bridgehead atoms. The van der Waals surface area contributed by atoms with Gasteiger partial charge in [0.05, 0.1) is 15.1 Å². The Labute approximate surface area is 131 Å². The lowest BCUT2D eigenvalue weighted by Gasteiger charge is -2.15. The van der Waals surface area contributed by atoms with Gasteiger partial charge in [-0.15, -0.1) is 0 Å². The van der Waals surface area contributed by atoms with E-state index in [0.29, 0.717) is 6.54 Å². The standard InChI is InChI=1S/C12H13Cl3N2O3/c1-3-16-12(19)17-11(18)6(2)20-10-5-8(14)7(13)4-9(10)15/h4-6H,3H2,1-2H3,(H2,16,17,18,19)/t6-/m0/s1. The zero-order valence-corrected chi connectivity index (χ0v) is 13.1. The van der Waals surface area contributed by atoms with Crippen LogP contribution in [0.15, 0.2) is 12.1 Å². The predicted molar refractivity (Wildman–Crippen MR) is 78.8 cm³/mol. The minimum absolute atomic E-state index is 0.208. The molecule has 0 saturated carbocycles. The van der Waals surface area contributed by atoms with Crippen LogP contribution in [0.4, 0.5) is 4.79 Å².